The monoisotopic (exact) mass is 474 g/mol. The van der Waals surface area contributed by atoms with E-state index in [0.29, 0.717) is 0 Å². The van der Waals surface area contributed by atoms with Crippen LogP contribution >= 0.6 is 0 Å². The number of allylic oxidation sites excluding steroid dienone is 1. The lowest BCUT2D eigenvalue weighted by molar-refractivity contribution is -0.157. The second kappa shape index (κ2) is 8.71. The Labute approximate surface area is 200 Å². The minimum absolute atomic E-state index is 0.00949. The number of nitrogens with one attached hydrogen (secondary N) is 1. The molecule has 0 unspecified atom stereocenters. The third kappa shape index (κ3) is 3.82. The number of benzene rings is 2. The fourth-order valence-corrected chi connectivity index (χ4v) is 4.75. The molecule has 2 aliphatic rings. The van der Waals surface area contributed by atoms with Gasteiger partial charge in [-0.2, -0.15) is 0 Å². The van der Waals surface area contributed by atoms with E-state index >= 15 is 0 Å². The molecule has 2 aromatic carbocycles. The highest BCUT2D eigenvalue weighted by Gasteiger charge is 2.51. The Morgan fingerprint density at radius 1 is 1.11 bits per heavy atom. The average molecular weight is 474 g/mol. The van der Waals surface area contributed by atoms with Crippen LogP contribution in [0.5, 0.6) is 0 Å². The molecule has 0 atom stereocenters. The Morgan fingerprint density at radius 2 is 1.74 bits per heavy atom. The number of carbonyl (C=O) groups excluding carboxylic acids is 2. The van der Waals surface area contributed by atoms with Crippen molar-refractivity contribution in [2.24, 2.45) is 5.41 Å². The molecule has 0 spiro atoms. The molecule has 1 aliphatic carbocycles. The van der Waals surface area contributed by atoms with Crippen molar-refractivity contribution >= 4 is 23.8 Å². The molecule has 1 aromatic heterocycles. The summed E-state index contributed by atoms with van der Waals surface area (Å²) in [6.45, 7) is 3.65. The maximum atomic E-state index is 12.8. The van der Waals surface area contributed by atoms with Crippen LogP contribution in [0, 0.1) is 5.41 Å². The molecule has 0 radical (unpaired) electrons. The molecule has 2 heterocycles. The molecule has 10 nitrogen and oxygen atoms in total. The normalized spacial score (nSPS) is 15.5. The van der Waals surface area contributed by atoms with Gasteiger partial charge in [0.05, 0.1) is 0 Å². The lowest BCUT2D eigenvalue weighted by Crippen LogP contribution is -2.62. The van der Waals surface area contributed by atoms with Crippen LogP contribution in [0.4, 0.5) is 10.6 Å². The zero-order valence-electron chi connectivity index (χ0n) is 18.6. The minimum Gasteiger partial charge on any atom is -0.481 e. The number of amides is 2. The summed E-state index contributed by atoms with van der Waals surface area (Å²) >= 11 is 0. The second-order valence-corrected chi connectivity index (χ2v) is 8.65. The number of carbonyl (C=O) groups is 3. The highest BCUT2D eigenvalue weighted by Crippen LogP contribution is 2.44. The fraction of sp³-hybridized carbons (Fsp3) is 0.240. The maximum absolute atomic E-state index is 12.8. The van der Waals surface area contributed by atoms with Crippen molar-refractivity contribution in [3.63, 3.8) is 0 Å². The van der Waals surface area contributed by atoms with Gasteiger partial charge in [-0.25, -0.2) is 9.42 Å². The van der Waals surface area contributed by atoms with Crippen molar-refractivity contribution < 1.29 is 28.9 Å². The first kappa shape index (κ1) is 22.3. The quantitative estimate of drug-likeness (QED) is 0.497. The van der Waals surface area contributed by atoms with Gasteiger partial charge in [-0.15, -0.1) is 6.58 Å². The van der Waals surface area contributed by atoms with E-state index < -0.39 is 23.4 Å². The number of ether oxygens (including phenoxy) is 1. The zero-order chi connectivity index (χ0) is 24.6. The predicted octanol–water partition coefficient (Wildman–Crippen LogP) is 3.53. The standard InChI is InChI=1S/C25H22N4O6/c1-2-11-25(23(31)32)13-29(14-25)22(30)20-21(28-35-27-20)26-24(33)34-12-19-17-9-5-3-7-15(17)16-8-4-6-10-18(16)19/h2-10,19H,1,11-14H2,(H,31,32)(H,26,28,33). The van der Waals surface area contributed by atoms with Gasteiger partial charge < -0.3 is 14.7 Å². The van der Waals surface area contributed by atoms with E-state index in [1.54, 1.807) is 0 Å². The van der Waals surface area contributed by atoms with Gasteiger partial charge in [-0.3, -0.25) is 14.9 Å². The first-order chi connectivity index (χ1) is 16.9. The van der Waals surface area contributed by atoms with E-state index in [1.807, 2.05) is 48.5 Å². The number of anilines is 1. The van der Waals surface area contributed by atoms with Crippen molar-refractivity contribution in [1.82, 2.24) is 15.2 Å². The number of fused-ring (bicyclic) bond motifs is 3. The largest absolute Gasteiger partial charge is 0.481 e. The summed E-state index contributed by atoms with van der Waals surface area (Å²) in [5, 5.41) is 19.1. The van der Waals surface area contributed by atoms with Gasteiger partial charge in [0.25, 0.3) is 5.91 Å². The van der Waals surface area contributed by atoms with Crippen LogP contribution in [-0.4, -0.2) is 58.0 Å². The molecule has 10 heteroatoms. The van der Waals surface area contributed by atoms with Gasteiger partial charge in [0.1, 0.15) is 12.0 Å². The number of carboxylic acid groups (broad SMARTS) is 1. The van der Waals surface area contributed by atoms with Crippen molar-refractivity contribution in [3.05, 3.63) is 78.0 Å². The SMILES string of the molecule is C=CCC1(C(=O)O)CN(C(=O)c2nonc2NC(=O)OCC2c3ccccc3-c3ccccc32)C1. The van der Waals surface area contributed by atoms with Crippen molar-refractivity contribution in [1.29, 1.82) is 0 Å². The van der Waals surface area contributed by atoms with E-state index in [9.17, 15) is 19.5 Å². The van der Waals surface area contributed by atoms with Crippen LogP contribution in [0.25, 0.3) is 11.1 Å². The fourth-order valence-electron chi connectivity index (χ4n) is 4.75. The summed E-state index contributed by atoms with van der Waals surface area (Å²) in [4.78, 5) is 38.2. The Bertz CT molecular complexity index is 1280. The second-order valence-electron chi connectivity index (χ2n) is 8.65. The summed E-state index contributed by atoms with van der Waals surface area (Å²) in [5.41, 5.74) is 3.05. The number of likely N-dealkylation sites (tertiary alicyclic amines) is 1. The van der Waals surface area contributed by atoms with Gasteiger partial charge in [0, 0.05) is 19.0 Å². The number of hydrogen-bond donors (Lipinski definition) is 2. The average Bonchev–Trinajstić information content (AvgIpc) is 3.41. The van der Waals surface area contributed by atoms with Gasteiger partial charge in [-0.1, -0.05) is 54.6 Å². The first-order valence-corrected chi connectivity index (χ1v) is 11.0. The minimum atomic E-state index is -1.07. The van der Waals surface area contributed by atoms with Crippen LogP contribution in [-0.2, 0) is 9.53 Å². The first-order valence-electron chi connectivity index (χ1n) is 11.0. The highest BCUT2D eigenvalue weighted by atomic mass is 16.6. The van der Waals surface area contributed by atoms with Crippen molar-refractivity contribution in [3.8, 4) is 11.1 Å². The number of rotatable bonds is 7. The van der Waals surface area contributed by atoms with Gasteiger partial charge in [0.2, 0.25) is 11.5 Å². The van der Waals surface area contributed by atoms with Crippen LogP contribution in [0.2, 0.25) is 0 Å². The predicted molar refractivity (Wildman–Crippen MR) is 124 cm³/mol. The van der Waals surface area contributed by atoms with Crippen LogP contribution < -0.4 is 5.32 Å². The van der Waals surface area contributed by atoms with E-state index in [4.69, 9.17) is 4.74 Å². The number of aromatic nitrogens is 2. The third-order valence-corrected chi connectivity index (χ3v) is 6.52. The summed E-state index contributed by atoms with van der Waals surface area (Å²) in [6.07, 6.45) is 0.929. The molecule has 0 bridgehead atoms. The highest BCUT2D eigenvalue weighted by molar-refractivity contribution is 6.00. The van der Waals surface area contributed by atoms with E-state index in [1.165, 1.54) is 11.0 Å². The number of hydrogen-bond acceptors (Lipinski definition) is 7. The molecule has 1 saturated heterocycles. The number of aliphatic carboxylic acids is 1. The molecule has 1 aliphatic heterocycles. The Hall–Kier alpha value is -4.47. The van der Waals surface area contributed by atoms with Gasteiger partial charge in [-0.05, 0) is 39.0 Å². The van der Waals surface area contributed by atoms with Crippen LogP contribution in [0.15, 0.2) is 65.8 Å². The summed E-state index contributed by atoms with van der Waals surface area (Å²) in [5.74, 6) is -1.92. The maximum Gasteiger partial charge on any atom is 0.412 e. The molecular weight excluding hydrogens is 452 g/mol. The molecule has 2 amide bonds. The summed E-state index contributed by atoms with van der Waals surface area (Å²) < 4.78 is 10.1. The van der Waals surface area contributed by atoms with Crippen LogP contribution in [0.1, 0.15) is 34.0 Å². The smallest absolute Gasteiger partial charge is 0.412 e. The molecule has 5 rings (SSSR count). The van der Waals surface area contributed by atoms with Crippen LogP contribution in [0.3, 0.4) is 0 Å². The lowest BCUT2D eigenvalue weighted by Gasteiger charge is -2.46. The van der Waals surface area contributed by atoms with E-state index in [0.717, 1.165) is 22.3 Å². The van der Waals surface area contributed by atoms with E-state index in [2.05, 4.69) is 26.8 Å². The van der Waals surface area contributed by atoms with E-state index in [-0.39, 0.29) is 43.5 Å². The molecule has 3 aromatic rings. The molecule has 178 valence electrons. The number of carboxylic acids is 1. The summed E-state index contributed by atoms with van der Waals surface area (Å²) in [7, 11) is 0. The molecule has 1 fully saturated rings. The van der Waals surface area contributed by atoms with Crippen molar-refractivity contribution in [2.45, 2.75) is 12.3 Å². The molecule has 35 heavy (non-hydrogen) atoms. The zero-order valence-corrected chi connectivity index (χ0v) is 18.6. The molecule has 2 N–H and O–H groups in total. The topological polar surface area (TPSA) is 135 Å². The molecule has 0 saturated carbocycles. The molecular formula is C25H22N4O6. The number of nitrogens with zero attached hydrogens (tertiary/aromatic N) is 3. The third-order valence-electron chi connectivity index (χ3n) is 6.52. The summed E-state index contributed by atoms with van der Waals surface area (Å²) in [6, 6.07) is 15.9. The van der Waals surface area contributed by atoms with Gasteiger partial charge >= 0.3 is 12.1 Å². The Balaban J connectivity index is 1.24. The van der Waals surface area contributed by atoms with Gasteiger partial charge in [0.15, 0.2) is 0 Å². The van der Waals surface area contributed by atoms with Crippen molar-refractivity contribution in [2.75, 3.05) is 25.0 Å². The lowest BCUT2D eigenvalue weighted by atomic mass is 9.76. The Kier molecular flexibility index (Phi) is 5.56. The Morgan fingerprint density at radius 3 is 2.34 bits per heavy atom.